The molecule has 0 saturated carbocycles. The molecule has 1 atom stereocenters. The smallest absolute Gasteiger partial charge is 0.320 e. The molecule has 4 rings (SSSR count). The largest absolute Gasteiger partial charge is 0.488 e. The van der Waals surface area contributed by atoms with Crippen LogP contribution in [0.5, 0.6) is 5.75 Å². The van der Waals surface area contributed by atoms with Crippen LogP contribution in [0.2, 0.25) is 0 Å². The molecule has 0 radical (unpaired) electrons. The molecule has 1 N–H and O–H groups in total. The lowest BCUT2D eigenvalue weighted by Gasteiger charge is -2.28. The number of hydrogen-bond donors (Lipinski definition) is 1. The highest BCUT2D eigenvalue weighted by Gasteiger charge is 2.36. The molecule has 0 unspecified atom stereocenters. The number of ether oxygens (including phenoxy) is 2. The average Bonchev–Trinajstić information content (AvgIpc) is 3.23. The summed E-state index contributed by atoms with van der Waals surface area (Å²) in [5, 5.41) is 3.36. The molecule has 0 aliphatic carbocycles. The molecular weight excluding hydrogens is 475 g/mol. The summed E-state index contributed by atoms with van der Waals surface area (Å²) in [6.07, 6.45) is 3.53. The molecule has 2 amide bonds. The van der Waals surface area contributed by atoms with Gasteiger partial charge >= 0.3 is 12.0 Å². The van der Waals surface area contributed by atoms with E-state index in [1.54, 1.807) is 28.9 Å². The van der Waals surface area contributed by atoms with Crippen molar-refractivity contribution in [1.82, 2.24) is 14.8 Å². The third-order valence-electron chi connectivity index (χ3n) is 6.68. The van der Waals surface area contributed by atoms with Crippen molar-refractivity contribution in [2.24, 2.45) is 0 Å². The maximum atomic E-state index is 14.8. The molecule has 37 heavy (non-hydrogen) atoms. The number of nitrogens with one attached hydrogen (secondary N) is 1. The number of carbonyl (C=O) groups excluding carboxylic acids is 2. The summed E-state index contributed by atoms with van der Waals surface area (Å²) in [6.45, 7) is 8.17. The number of aromatic nitrogens is 1. The van der Waals surface area contributed by atoms with Crippen molar-refractivity contribution in [3.63, 3.8) is 0 Å². The van der Waals surface area contributed by atoms with Crippen LogP contribution in [-0.4, -0.2) is 65.7 Å². The summed E-state index contributed by atoms with van der Waals surface area (Å²) < 4.78 is 25.4. The van der Waals surface area contributed by atoms with Gasteiger partial charge in [0.1, 0.15) is 5.82 Å². The minimum Gasteiger partial charge on any atom is -0.488 e. The summed E-state index contributed by atoms with van der Waals surface area (Å²) in [7, 11) is 0. The van der Waals surface area contributed by atoms with Gasteiger partial charge in [-0.15, -0.1) is 0 Å². The number of pyridine rings is 1. The maximum absolute atomic E-state index is 14.8. The minimum absolute atomic E-state index is 0.0384. The van der Waals surface area contributed by atoms with Gasteiger partial charge in [0.25, 0.3) is 0 Å². The second-order valence-corrected chi connectivity index (χ2v) is 9.79. The Bertz CT molecular complexity index is 1110. The Kier molecular flexibility index (Phi) is 8.84. The number of rotatable bonds is 11. The van der Waals surface area contributed by atoms with Crippen LogP contribution in [-0.2, 0) is 22.4 Å². The number of hydrogen-bond acceptors (Lipinski definition) is 6. The molecule has 1 aromatic carbocycles. The highest BCUT2D eigenvalue weighted by Crippen LogP contribution is 2.32. The van der Waals surface area contributed by atoms with Gasteiger partial charge in [0.2, 0.25) is 0 Å². The predicted molar refractivity (Wildman–Crippen MR) is 139 cm³/mol. The van der Waals surface area contributed by atoms with E-state index in [9.17, 15) is 14.0 Å². The van der Waals surface area contributed by atoms with Gasteiger partial charge in [-0.25, -0.2) is 14.2 Å². The van der Waals surface area contributed by atoms with E-state index in [2.05, 4.69) is 17.4 Å². The number of benzene rings is 1. The molecule has 0 spiro atoms. The zero-order valence-corrected chi connectivity index (χ0v) is 22.0. The van der Waals surface area contributed by atoms with Gasteiger partial charge in [0.05, 0.1) is 25.2 Å². The molecule has 0 bridgehead atoms. The van der Waals surface area contributed by atoms with Crippen LogP contribution >= 0.6 is 0 Å². The van der Waals surface area contributed by atoms with E-state index in [1.165, 1.54) is 11.6 Å². The maximum Gasteiger partial charge on any atom is 0.320 e. The van der Waals surface area contributed by atoms with Crippen LogP contribution < -0.4 is 10.1 Å². The van der Waals surface area contributed by atoms with Crippen molar-refractivity contribution in [3.05, 3.63) is 53.0 Å². The van der Waals surface area contributed by atoms with Crippen LogP contribution in [0.25, 0.3) is 0 Å². The van der Waals surface area contributed by atoms with E-state index in [0.29, 0.717) is 25.2 Å². The number of carbonyl (C=O) groups is 2. The zero-order valence-electron chi connectivity index (χ0n) is 22.0. The molecule has 2 aliphatic rings. The first kappa shape index (κ1) is 26.7. The number of aryl methyl sites for hydroxylation is 2. The van der Waals surface area contributed by atoms with Gasteiger partial charge in [-0.05, 0) is 75.8 Å². The predicted octanol–water partition coefficient (Wildman–Crippen LogP) is 4.73. The van der Waals surface area contributed by atoms with E-state index >= 15 is 0 Å². The highest BCUT2D eigenvalue weighted by atomic mass is 19.1. The standard InChI is InChI=1S/C28H37FN4O4/c1-4-36-26(34)18-24(21-10-12-25(23(29)17-21)37-19(2)3)33-16-15-32(28(33)35)14-6-8-22-11-9-20-7-5-13-30-27(20)31-22/h9-12,17,19,24H,4-8,13-16,18H2,1-3H3,(H,30,31)/t24-/m1/s1. The van der Waals surface area contributed by atoms with Crippen molar-refractivity contribution in [2.45, 2.75) is 65.0 Å². The summed E-state index contributed by atoms with van der Waals surface area (Å²) in [5.41, 5.74) is 2.81. The van der Waals surface area contributed by atoms with Crippen molar-refractivity contribution >= 4 is 17.8 Å². The molecule has 9 heteroatoms. The van der Waals surface area contributed by atoms with Crippen LogP contribution in [0.1, 0.15) is 62.9 Å². The third-order valence-corrected chi connectivity index (χ3v) is 6.68. The molecule has 200 valence electrons. The number of halogens is 1. The molecule has 2 aromatic rings. The number of nitrogens with zero attached hydrogens (tertiary/aromatic N) is 3. The Balaban J connectivity index is 1.41. The fourth-order valence-electron chi connectivity index (χ4n) is 4.92. The van der Waals surface area contributed by atoms with Crippen LogP contribution in [0.15, 0.2) is 30.3 Å². The minimum atomic E-state index is -0.618. The number of anilines is 1. The van der Waals surface area contributed by atoms with Gasteiger partial charge in [0, 0.05) is 31.9 Å². The topological polar surface area (TPSA) is 84.0 Å². The van der Waals surface area contributed by atoms with Gasteiger partial charge in [-0.2, -0.15) is 0 Å². The number of urea groups is 1. The second kappa shape index (κ2) is 12.3. The number of amides is 2. The Morgan fingerprint density at radius 1 is 1.22 bits per heavy atom. The first-order chi connectivity index (χ1) is 17.9. The monoisotopic (exact) mass is 512 g/mol. The van der Waals surface area contributed by atoms with Gasteiger partial charge in [0.15, 0.2) is 11.6 Å². The quantitative estimate of drug-likeness (QED) is 0.438. The third kappa shape index (κ3) is 6.70. The molecule has 1 aromatic heterocycles. The first-order valence-corrected chi connectivity index (χ1v) is 13.3. The van der Waals surface area contributed by atoms with E-state index < -0.39 is 17.8 Å². The van der Waals surface area contributed by atoms with E-state index in [4.69, 9.17) is 14.5 Å². The number of esters is 1. The lowest BCUT2D eigenvalue weighted by Crippen LogP contribution is -2.36. The van der Waals surface area contributed by atoms with Gasteiger partial charge in [-0.3, -0.25) is 4.79 Å². The highest BCUT2D eigenvalue weighted by molar-refractivity contribution is 5.78. The van der Waals surface area contributed by atoms with Crippen LogP contribution in [0, 0.1) is 5.82 Å². The fraction of sp³-hybridized carbons (Fsp3) is 0.536. The SMILES string of the molecule is CCOC(=O)C[C@H](c1ccc(OC(C)C)c(F)c1)N1CCN(CCCc2ccc3c(n2)NCCC3)C1=O. The first-order valence-electron chi connectivity index (χ1n) is 13.3. The Morgan fingerprint density at radius 2 is 2.05 bits per heavy atom. The molecular formula is C28H37FN4O4. The van der Waals surface area contributed by atoms with Gasteiger partial charge < -0.3 is 24.6 Å². The Morgan fingerprint density at radius 3 is 2.81 bits per heavy atom. The Labute approximate surface area is 218 Å². The Hall–Kier alpha value is -3.36. The average molecular weight is 513 g/mol. The van der Waals surface area contributed by atoms with Crippen LogP contribution in [0.3, 0.4) is 0 Å². The molecule has 1 fully saturated rings. The summed E-state index contributed by atoms with van der Waals surface area (Å²) in [5.74, 6) is 0.185. The molecule has 1 saturated heterocycles. The van der Waals surface area contributed by atoms with Crippen molar-refractivity contribution in [1.29, 1.82) is 0 Å². The molecule has 2 aliphatic heterocycles. The van der Waals surface area contributed by atoms with Crippen molar-refractivity contribution in [2.75, 3.05) is 38.1 Å². The van der Waals surface area contributed by atoms with Crippen molar-refractivity contribution < 1.29 is 23.5 Å². The second-order valence-electron chi connectivity index (χ2n) is 9.79. The normalized spacial score (nSPS) is 16.0. The van der Waals surface area contributed by atoms with Gasteiger partial charge in [-0.1, -0.05) is 12.1 Å². The zero-order chi connectivity index (χ0) is 26.4. The summed E-state index contributed by atoms with van der Waals surface area (Å²) >= 11 is 0. The van der Waals surface area contributed by atoms with E-state index in [0.717, 1.165) is 43.7 Å². The van der Waals surface area contributed by atoms with Crippen molar-refractivity contribution in [3.8, 4) is 5.75 Å². The number of fused-ring (bicyclic) bond motifs is 1. The lowest BCUT2D eigenvalue weighted by molar-refractivity contribution is -0.144. The van der Waals surface area contributed by atoms with E-state index in [1.807, 2.05) is 13.8 Å². The molecule has 8 nitrogen and oxygen atoms in total. The summed E-state index contributed by atoms with van der Waals surface area (Å²) in [4.78, 5) is 33.9. The van der Waals surface area contributed by atoms with Crippen LogP contribution in [0.4, 0.5) is 15.0 Å². The molecule has 3 heterocycles. The summed E-state index contributed by atoms with van der Waals surface area (Å²) in [6, 6.07) is 8.07. The van der Waals surface area contributed by atoms with E-state index in [-0.39, 0.29) is 30.9 Å². The fourth-order valence-corrected chi connectivity index (χ4v) is 4.92. The lowest BCUT2D eigenvalue weighted by atomic mass is 10.0.